The highest BCUT2D eigenvalue weighted by Gasteiger charge is 2.40. The van der Waals surface area contributed by atoms with Crippen LogP contribution in [-0.2, 0) is 18.6 Å². The van der Waals surface area contributed by atoms with E-state index in [0.717, 1.165) is 11.1 Å². The van der Waals surface area contributed by atoms with E-state index in [-0.39, 0.29) is 13.0 Å². The van der Waals surface area contributed by atoms with Crippen LogP contribution in [0.4, 0.5) is 4.39 Å². The van der Waals surface area contributed by atoms with Crippen LogP contribution in [0, 0.1) is 0 Å². The zero-order valence-corrected chi connectivity index (χ0v) is 15.0. The van der Waals surface area contributed by atoms with Crippen LogP contribution in [0.2, 0.25) is 0 Å². The number of esters is 1. The molecule has 0 aliphatic carbocycles. The van der Waals surface area contributed by atoms with Crippen LogP contribution in [-0.4, -0.2) is 40.9 Å². The Morgan fingerprint density at radius 3 is 2.37 bits per heavy atom. The van der Waals surface area contributed by atoms with Gasteiger partial charge in [0, 0.05) is 6.42 Å². The Morgan fingerprint density at radius 1 is 1.11 bits per heavy atom. The second-order valence-electron chi connectivity index (χ2n) is 5.99. The SMILES string of the molecule is O=C(OC[C@H]1O[C@H](OP(=O)(O)O)C[C@@H]1F)c1ccc(-c2ccccc2)cc1. The minimum absolute atomic E-state index is 0.297. The van der Waals surface area contributed by atoms with Crippen LogP contribution in [0.15, 0.2) is 54.6 Å². The number of phosphoric ester groups is 1. The first-order chi connectivity index (χ1) is 12.8. The van der Waals surface area contributed by atoms with Gasteiger partial charge in [-0.25, -0.2) is 13.8 Å². The van der Waals surface area contributed by atoms with E-state index in [9.17, 15) is 13.8 Å². The fraction of sp³-hybridized carbons (Fsp3) is 0.278. The number of benzene rings is 2. The average Bonchev–Trinajstić information content (AvgIpc) is 2.98. The molecular formula is C18H18FO7P. The molecule has 0 bridgehead atoms. The van der Waals surface area contributed by atoms with Gasteiger partial charge in [0.15, 0.2) is 6.29 Å². The van der Waals surface area contributed by atoms with Gasteiger partial charge in [-0.1, -0.05) is 42.5 Å². The highest BCUT2D eigenvalue weighted by Crippen LogP contribution is 2.41. The van der Waals surface area contributed by atoms with E-state index in [0.29, 0.717) is 5.56 Å². The van der Waals surface area contributed by atoms with E-state index in [1.807, 2.05) is 30.3 Å². The van der Waals surface area contributed by atoms with Gasteiger partial charge in [0.1, 0.15) is 18.9 Å². The highest BCUT2D eigenvalue weighted by molar-refractivity contribution is 7.46. The molecule has 0 spiro atoms. The monoisotopic (exact) mass is 396 g/mol. The molecule has 27 heavy (non-hydrogen) atoms. The molecule has 1 heterocycles. The number of carbonyl (C=O) groups is 1. The van der Waals surface area contributed by atoms with Crippen molar-refractivity contribution in [1.29, 1.82) is 0 Å². The Kier molecular flexibility index (Phi) is 6.04. The van der Waals surface area contributed by atoms with Gasteiger partial charge in [0.2, 0.25) is 0 Å². The molecule has 3 rings (SSSR count). The maximum absolute atomic E-state index is 13.9. The van der Waals surface area contributed by atoms with Crippen molar-refractivity contribution in [3.8, 4) is 11.1 Å². The summed E-state index contributed by atoms with van der Waals surface area (Å²) in [6.07, 6.45) is -4.43. The van der Waals surface area contributed by atoms with Crippen molar-refractivity contribution >= 4 is 13.8 Å². The van der Waals surface area contributed by atoms with Crippen molar-refractivity contribution in [3.63, 3.8) is 0 Å². The Hall–Kier alpha value is -2.09. The summed E-state index contributed by atoms with van der Waals surface area (Å²) in [5, 5.41) is 0. The van der Waals surface area contributed by atoms with Crippen molar-refractivity contribution in [1.82, 2.24) is 0 Å². The molecule has 7 nitrogen and oxygen atoms in total. The molecule has 0 amide bonds. The number of halogens is 1. The summed E-state index contributed by atoms with van der Waals surface area (Å²) in [6.45, 7) is -0.387. The lowest BCUT2D eigenvalue weighted by atomic mass is 10.0. The fourth-order valence-electron chi connectivity index (χ4n) is 2.71. The van der Waals surface area contributed by atoms with Gasteiger partial charge in [-0.3, -0.25) is 4.52 Å². The second kappa shape index (κ2) is 8.29. The third-order valence-corrected chi connectivity index (χ3v) is 4.52. The summed E-state index contributed by atoms with van der Waals surface area (Å²) in [6, 6.07) is 16.4. The molecule has 0 saturated carbocycles. The molecule has 1 aliphatic heterocycles. The Bertz CT molecular complexity index is 821. The van der Waals surface area contributed by atoms with E-state index >= 15 is 0 Å². The molecular weight excluding hydrogens is 378 g/mol. The van der Waals surface area contributed by atoms with E-state index in [1.54, 1.807) is 24.3 Å². The van der Waals surface area contributed by atoms with Gasteiger partial charge in [0.05, 0.1) is 5.56 Å². The van der Waals surface area contributed by atoms with Crippen LogP contribution in [0.5, 0.6) is 0 Å². The number of carbonyl (C=O) groups excluding carboxylic acids is 1. The first kappa shape index (κ1) is 19.7. The minimum Gasteiger partial charge on any atom is -0.459 e. The zero-order valence-electron chi connectivity index (χ0n) is 14.1. The first-order valence-electron chi connectivity index (χ1n) is 8.18. The molecule has 1 saturated heterocycles. The summed E-state index contributed by atoms with van der Waals surface area (Å²) in [4.78, 5) is 29.6. The van der Waals surface area contributed by atoms with Crippen molar-refractivity contribution < 1.29 is 37.5 Å². The summed E-state index contributed by atoms with van der Waals surface area (Å²) in [7, 11) is -4.78. The molecule has 0 aromatic heterocycles. The van der Waals surface area contributed by atoms with Gasteiger partial charge in [-0.2, -0.15) is 0 Å². The van der Waals surface area contributed by atoms with Crippen LogP contribution < -0.4 is 0 Å². The average molecular weight is 396 g/mol. The third-order valence-electron chi connectivity index (χ3n) is 4.01. The lowest BCUT2D eigenvalue weighted by Gasteiger charge is -2.15. The topological polar surface area (TPSA) is 102 Å². The minimum atomic E-state index is -4.78. The van der Waals surface area contributed by atoms with Crippen molar-refractivity contribution in [3.05, 3.63) is 60.2 Å². The van der Waals surface area contributed by atoms with Crippen molar-refractivity contribution in [2.24, 2.45) is 0 Å². The van der Waals surface area contributed by atoms with Crippen LogP contribution in [0.25, 0.3) is 11.1 Å². The number of hydrogen-bond donors (Lipinski definition) is 2. The van der Waals surface area contributed by atoms with Gasteiger partial charge in [-0.15, -0.1) is 0 Å². The highest BCUT2D eigenvalue weighted by atomic mass is 31.2. The summed E-state index contributed by atoms with van der Waals surface area (Å²) in [5.74, 6) is -0.648. The molecule has 1 fully saturated rings. The van der Waals surface area contributed by atoms with Gasteiger partial charge < -0.3 is 19.3 Å². The molecule has 3 atom stereocenters. The lowest BCUT2D eigenvalue weighted by Crippen LogP contribution is -2.25. The standard InChI is InChI=1S/C18H18FO7P/c19-15-10-17(26-27(21,22)23)25-16(15)11-24-18(20)14-8-6-13(7-9-14)12-4-2-1-3-5-12/h1-9,15-17H,10-11H2,(H2,21,22,23)/t15-,16+,17+/m0/s1. The van der Waals surface area contributed by atoms with Crippen LogP contribution >= 0.6 is 7.82 Å². The Morgan fingerprint density at radius 2 is 1.74 bits per heavy atom. The van der Waals surface area contributed by atoms with E-state index in [4.69, 9.17) is 19.3 Å². The van der Waals surface area contributed by atoms with Crippen LogP contribution in [0.3, 0.4) is 0 Å². The van der Waals surface area contributed by atoms with E-state index in [2.05, 4.69) is 4.52 Å². The predicted molar refractivity (Wildman–Crippen MR) is 93.5 cm³/mol. The Labute approximate surface area is 154 Å². The molecule has 2 N–H and O–H groups in total. The van der Waals surface area contributed by atoms with E-state index in [1.165, 1.54) is 0 Å². The van der Waals surface area contributed by atoms with Crippen molar-refractivity contribution in [2.75, 3.05) is 6.61 Å². The number of hydrogen-bond acceptors (Lipinski definition) is 5. The van der Waals surface area contributed by atoms with Crippen molar-refractivity contribution in [2.45, 2.75) is 25.0 Å². The maximum Gasteiger partial charge on any atom is 0.471 e. The summed E-state index contributed by atoms with van der Waals surface area (Å²) < 4.78 is 39.0. The molecule has 9 heteroatoms. The predicted octanol–water partition coefficient (Wildman–Crippen LogP) is 3.07. The second-order valence-corrected chi connectivity index (χ2v) is 7.19. The normalized spacial score (nSPS) is 22.6. The number of phosphoric acid groups is 1. The maximum atomic E-state index is 13.9. The molecule has 0 unspecified atom stereocenters. The van der Waals surface area contributed by atoms with Gasteiger partial charge >= 0.3 is 13.8 Å². The van der Waals surface area contributed by atoms with E-state index < -0.39 is 32.4 Å². The Balaban J connectivity index is 1.54. The molecule has 1 aliphatic rings. The molecule has 2 aromatic carbocycles. The summed E-state index contributed by atoms with van der Waals surface area (Å²) >= 11 is 0. The van der Waals surface area contributed by atoms with Crippen LogP contribution in [0.1, 0.15) is 16.8 Å². The zero-order chi connectivity index (χ0) is 19.4. The third kappa shape index (κ3) is 5.45. The quantitative estimate of drug-likeness (QED) is 0.571. The van der Waals surface area contributed by atoms with Gasteiger partial charge in [0.25, 0.3) is 0 Å². The molecule has 0 radical (unpaired) electrons. The molecule has 144 valence electrons. The lowest BCUT2D eigenvalue weighted by molar-refractivity contribution is -0.101. The number of rotatable bonds is 6. The largest absolute Gasteiger partial charge is 0.471 e. The smallest absolute Gasteiger partial charge is 0.459 e. The van der Waals surface area contributed by atoms with Gasteiger partial charge in [-0.05, 0) is 23.3 Å². The fourth-order valence-corrected chi connectivity index (χ4v) is 3.15. The number of ether oxygens (including phenoxy) is 2. The first-order valence-corrected chi connectivity index (χ1v) is 9.71. The molecule has 2 aromatic rings. The summed E-state index contributed by atoms with van der Waals surface area (Å²) in [5.41, 5.74) is 2.24. The number of alkyl halides is 1.